The van der Waals surface area contributed by atoms with E-state index < -0.39 is 11.7 Å². The second kappa shape index (κ2) is 7.26. The lowest BCUT2D eigenvalue weighted by Crippen LogP contribution is -2.06. The molecule has 2 aromatic rings. The van der Waals surface area contributed by atoms with Gasteiger partial charge in [0.25, 0.3) is 0 Å². The van der Waals surface area contributed by atoms with E-state index in [0.717, 1.165) is 12.1 Å². The van der Waals surface area contributed by atoms with Crippen LogP contribution in [-0.4, -0.2) is 10.2 Å². The van der Waals surface area contributed by atoms with Crippen molar-refractivity contribution in [2.75, 3.05) is 5.43 Å². The minimum atomic E-state index is -4.57. The highest BCUT2D eigenvalue weighted by Gasteiger charge is 2.32. The van der Waals surface area contributed by atoms with E-state index in [0.29, 0.717) is 5.56 Å². The average Bonchev–Trinajstić information content (AvgIpc) is 2.53. The summed E-state index contributed by atoms with van der Waals surface area (Å²) in [6.07, 6.45) is -3.25. The number of nitriles is 1. The Morgan fingerprint density at radius 2 is 1.83 bits per heavy atom. The lowest BCUT2D eigenvalue weighted by molar-refractivity contribution is -0.137. The van der Waals surface area contributed by atoms with E-state index in [1.807, 2.05) is 6.07 Å². The first-order valence-electron chi connectivity index (χ1n) is 6.14. The molecule has 2 rings (SSSR count). The molecule has 10 heteroatoms. The number of hydrogen-bond acceptors (Lipinski definition) is 4. The molecule has 0 aliphatic carbocycles. The topological polar surface area (TPSA) is 61.1 Å². The van der Waals surface area contributed by atoms with E-state index in [1.165, 1.54) is 18.3 Å². The Kier molecular flexibility index (Phi) is 5.54. The molecule has 1 N–H and O–H groups in total. The molecule has 1 aromatic carbocycles. The molecule has 0 saturated carbocycles. The molecule has 124 valence electrons. The zero-order valence-corrected chi connectivity index (χ0v) is 13.8. The molecule has 0 bridgehead atoms. The maximum atomic E-state index is 12.7. The molecule has 0 saturated heterocycles. The Labute approximate surface area is 149 Å². The summed E-state index contributed by atoms with van der Waals surface area (Å²) >= 11 is 17.6. The number of pyridine rings is 1. The van der Waals surface area contributed by atoms with Crippen molar-refractivity contribution in [2.24, 2.45) is 5.10 Å². The van der Waals surface area contributed by atoms with Crippen molar-refractivity contribution in [3.8, 4) is 6.07 Å². The monoisotopic (exact) mass is 392 g/mol. The number of aromatic nitrogens is 1. The van der Waals surface area contributed by atoms with E-state index >= 15 is 0 Å². The Morgan fingerprint density at radius 3 is 2.29 bits per heavy atom. The predicted molar refractivity (Wildman–Crippen MR) is 86.4 cm³/mol. The molecule has 0 aliphatic heterocycles. The zero-order valence-electron chi connectivity index (χ0n) is 11.5. The molecule has 24 heavy (non-hydrogen) atoms. The van der Waals surface area contributed by atoms with Gasteiger partial charge in [-0.15, -0.1) is 0 Å². The van der Waals surface area contributed by atoms with Crippen molar-refractivity contribution >= 4 is 45.7 Å². The van der Waals surface area contributed by atoms with Crippen LogP contribution in [0.4, 0.5) is 18.9 Å². The van der Waals surface area contributed by atoms with Gasteiger partial charge in [-0.25, -0.2) is 4.98 Å². The van der Waals surface area contributed by atoms with Crippen LogP contribution < -0.4 is 5.43 Å². The molecule has 0 spiro atoms. The predicted octanol–water partition coefficient (Wildman–Crippen LogP) is 5.29. The Hall–Kier alpha value is -2.01. The first-order valence-corrected chi connectivity index (χ1v) is 7.27. The van der Waals surface area contributed by atoms with Gasteiger partial charge in [-0.05, 0) is 24.3 Å². The van der Waals surface area contributed by atoms with Crippen molar-refractivity contribution in [1.82, 2.24) is 4.98 Å². The molecular weight excluding hydrogens is 388 g/mol. The summed E-state index contributed by atoms with van der Waals surface area (Å²) in [4.78, 5) is 3.82. The third kappa shape index (κ3) is 4.29. The van der Waals surface area contributed by atoms with Crippen molar-refractivity contribution in [3.05, 3.63) is 57.3 Å². The van der Waals surface area contributed by atoms with Gasteiger partial charge in [0.15, 0.2) is 5.17 Å². The molecule has 4 nitrogen and oxygen atoms in total. The van der Waals surface area contributed by atoms with Gasteiger partial charge in [0.2, 0.25) is 0 Å². The Bertz CT molecular complexity index is 804. The number of halogens is 6. The molecule has 0 amide bonds. The fraction of sp³-hybridized carbons (Fsp3) is 0.0714. The lowest BCUT2D eigenvalue weighted by Gasteiger charge is -2.12. The summed E-state index contributed by atoms with van der Waals surface area (Å²) in [5, 5.41) is 11.9. The first-order chi connectivity index (χ1) is 11.2. The van der Waals surface area contributed by atoms with Gasteiger partial charge in [-0.1, -0.05) is 34.8 Å². The van der Waals surface area contributed by atoms with Crippen LogP contribution in [0.1, 0.15) is 16.8 Å². The van der Waals surface area contributed by atoms with Crippen LogP contribution in [0.5, 0.6) is 0 Å². The first kappa shape index (κ1) is 18.3. The van der Waals surface area contributed by atoms with Crippen molar-refractivity contribution in [2.45, 2.75) is 6.18 Å². The summed E-state index contributed by atoms with van der Waals surface area (Å²) in [7, 11) is 0. The number of nitrogens with one attached hydrogen (secondary N) is 1. The van der Waals surface area contributed by atoms with Crippen LogP contribution in [0.3, 0.4) is 0 Å². The van der Waals surface area contributed by atoms with Crippen molar-refractivity contribution < 1.29 is 13.2 Å². The van der Waals surface area contributed by atoms with E-state index in [2.05, 4.69) is 15.5 Å². The Morgan fingerprint density at radius 1 is 1.21 bits per heavy atom. The summed E-state index contributed by atoms with van der Waals surface area (Å²) < 4.78 is 38.0. The summed E-state index contributed by atoms with van der Waals surface area (Å²) in [6, 6.07) is 6.24. The molecule has 0 atom stereocenters. The average molecular weight is 394 g/mol. The van der Waals surface area contributed by atoms with Crippen molar-refractivity contribution in [3.63, 3.8) is 0 Å². The van der Waals surface area contributed by atoms with Gasteiger partial charge >= 0.3 is 6.18 Å². The maximum absolute atomic E-state index is 12.7. The third-order valence-electron chi connectivity index (χ3n) is 2.75. The van der Waals surface area contributed by atoms with Gasteiger partial charge < -0.3 is 0 Å². The quantitative estimate of drug-likeness (QED) is 0.569. The summed E-state index contributed by atoms with van der Waals surface area (Å²) in [5.41, 5.74) is 2.01. The Balaban J connectivity index is 2.26. The van der Waals surface area contributed by atoms with Crippen molar-refractivity contribution in [1.29, 1.82) is 5.26 Å². The molecule has 0 radical (unpaired) electrons. The molecule has 0 aliphatic rings. The zero-order chi connectivity index (χ0) is 17.9. The molecule has 0 unspecified atom stereocenters. The van der Waals surface area contributed by atoms with Crippen LogP contribution >= 0.6 is 34.8 Å². The maximum Gasteiger partial charge on any atom is 0.416 e. The molecule has 1 heterocycles. The summed E-state index contributed by atoms with van der Waals surface area (Å²) in [5.74, 6) is 0. The van der Waals surface area contributed by atoms with E-state index in [9.17, 15) is 13.2 Å². The van der Waals surface area contributed by atoms with Crippen LogP contribution in [0.2, 0.25) is 10.0 Å². The van der Waals surface area contributed by atoms with Gasteiger partial charge in [0, 0.05) is 11.8 Å². The van der Waals surface area contributed by atoms with Crippen LogP contribution in [0.15, 0.2) is 35.6 Å². The van der Waals surface area contributed by atoms with Crippen LogP contribution in [0.25, 0.3) is 0 Å². The number of anilines is 1. The molecular formula is C14H6Cl3F3N4. The van der Waals surface area contributed by atoms with Gasteiger partial charge in [0.1, 0.15) is 11.8 Å². The molecule has 1 aromatic heterocycles. The standard InChI is InChI=1S/C14H6Cl3F3N4/c15-10-3-8(14(18,19)20)4-11(16)12(10)23-24-13(17)7-1-2-9(5-21)22-6-7/h1-4,6,23H. The second-order valence-corrected chi connectivity index (χ2v) is 5.54. The van der Waals surface area contributed by atoms with Crippen LogP contribution in [0, 0.1) is 11.3 Å². The SMILES string of the molecule is N#Cc1ccc(C(Cl)=NNc2c(Cl)cc(C(F)(F)F)cc2Cl)cn1. The minimum Gasteiger partial charge on any atom is -0.274 e. The number of hydrazone groups is 1. The fourth-order valence-electron chi connectivity index (χ4n) is 1.60. The largest absolute Gasteiger partial charge is 0.416 e. The van der Waals surface area contributed by atoms with Crippen LogP contribution in [-0.2, 0) is 6.18 Å². The molecule has 0 fully saturated rings. The number of hydrogen-bond donors (Lipinski definition) is 1. The summed E-state index contributed by atoms with van der Waals surface area (Å²) in [6.45, 7) is 0. The lowest BCUT2D eigenvalue weighted by atomic mass is 10.2. The van der Waals surface area contributed by atoms with Gasteiger partial charge in [-0.2, -0.15) is 23.5 Å². The van der Waals surface area contributed by atoms with Gasteiger partial charge in [0.05, 0.1) is 21.3 Å². The van der Waals surface area contributed by atoms with E-state index in [1.54, 1.807) is 0 Å². The number of rotatable bonds is 3. The highest BCUT2D eigenvalue weighted by atomic mass is 35.5. The number of alkyl halides is 3. The van der Waals surface area contributed by atoms with Gasteiger partial charge in [-0.3, -0.25) is 5.43 Å². The second-order valence-electron chi connectivity index (χ2n) is 4.37. The number of nitrogens with zero attached hydrogens (tertiary/aromatic N) is 3. The fourth-order valence-corrected chi connectivity index (χ4v) is 2.32. The highest BCUT2D eigenvalue weighted by molar-refractivity contribution is 6.69. The normalized spacial score (nSPS) is 12.0. The van der Waals surface area contributed by atoms with E-state index in [4.69, 9.17) is 40.1 Å². The van der Waals surface area contributed by atoms with E-state index in [-0.39, 0.29) is 26.6 Å². The number of benzene rings is 1. The minimum absolute atomic E-state index is 0.0221. The third-order valence-corrected chi connectivity index (χ3v) is 3.65. The highest BCUT2D eigenvalue weighted by Crippen LogP contribution is 2.38. The smallest absolute Gasteiger partial charge is 0.274 e.